The Morgan fingerprint density at radius 1 is 1.18 bits per heavy atom. The molecule has 7 unspecified atom stereocenters. The molecular formula is C24H32O10. The Kier molecular flexibility index (Phi) is 7.23. The summed E-state index contributed by atoms with van der Waals surface area (Å²) in [6.07, 6.45) is -1.08. The highest BCUT2D eigenvalue weighted by molar-refractivity contribution is 5.91. The first-order valence-electron chi connectivity index (χ1n) is 11.3. The van der Waals surface area contributed by atoms with Gasteiger partial charge in [-0.3, -0.25) is 9.59 Å². The zero-order chi connectivity index (χ0) is 25.4. The van der Waals surface area contributed by atoms with E-state index in [4.69, 9.17) is 23.7 Å². The summed E-state index contributed by atoms with van der Waals surface area (Å²) in [6.45, 7) is 11.1. The van der Waals surface area contributed by atoms with Crippen LogP contribution in [-0.2, 0) is 42.9 Å². The van der Waals surface area contributed by atoms with Gasteiger partial charge in [0.1, 0.15) is 23.9 Å². The van der Waals surface area contributed by atoms with Crippen LogP contribution in [0.25, 0.3) is 0 Å². The molecule has 188 valence electrons. The Bertz CT molecular complexity index is 923. The number of hydrogen-bond acceptors (Lipinski definition) is 10. The molecule has 34 heavy (non-hydrogen) atoms. The maximum atomic E-state index is 12.7. The van der Waals surface area contributed by atoms with Crippen molar-refractivity contribution in [1.29, 1.82) is 0 Å². The lowest BCUT2D eigenvalue weighted by Crippen LogP contribution is -2.46. The number of esters is 4. The summed E-state index contributed by atoms with van der Waals surface area (Å²) < 4.78 is 28.2. The zero-order valence-corrected chi connectivity index (χ0v) is 20.1. The molecule has 10 nitrogen and oxygen atoms in total. The molecule has 3 saturated heterocycles. The van der Waals surface area contributed by atoms with Crippen molar-refractivity contribution in [3.05, 3.63) is 23.8 Å². The summed E-state index contributed by atoms with van der Waals surface area (Å²) in [6, 6.07) is 0. The van der Waals surface area contributed by atoms with Crippen molar-refractivity contribution in [2.24, 2.45) is 11.8 Å². The molecule has 0 aromatic carbocycles. The average Bonchev–Trinajstić information content (AvgIpc) is 3.16. The van der Waals surface area contributed by atoms with Crippen LogP contribution in [0.4, 0.5) is 0 Å². The number of ether oxygens (including phenoxy) is 5. The molecule has 3 rings (SSSR count). The number of carbonyl (C=O) groups excluding carboxylic acids is 4. The standard InChI is InChI=1S/C24H32O10/c1-7-12(2)21(27)33-18-9-23(6)19(31-15(5)26)10-24(29,34-23)16(11-30-14(4)25)8-17-20(18)13(3)22(28)32-17/h7,16-20,29H,3,8-11H2,1-2,4-6H3. The van der Waals surface area contributed by atoms with E-state index in [2.05, 4.69) is 6.58 Å². The number of allylic oxidation sites excluding steroid dienone is 1. The van der Waals surface area contributed by atoms with Gasteiger partial charge in [0, 0.05) is 37.8 Å². The van der Waals surface area contributed by atoms with E-state index < -0.39 is 65.4 Å². The molecule has 3 aliphatic heterocycles. The summed E-state index contributed by atoms with van der Waals surface area (Å²) in [5, 5.41) is 11.5. The van der Waals surface area contributed by atoms with E-state index in [-0.39, 0.29) is 31.4 Å². The van der Waals surface area contributed by atoms with Gasteiger partial charge >= 0.3 is 23.9 Å². The first kappa shape index (κ1) is 25.9. The van der Waals surface area contributed by atoms with E-state index in [1.807, 2.05) is 0 Å². The fourth-order valence-electron chi connectivity index (χ4n) is 4.96. The minimum Gasteiger partial charge on any atom is -0.465 e. The maximum absolute atomic E-state index is 12.7. The van der Waals surface area contributed by atoms with Gasteiger partial charge in [-0.1, -0.05) is 12.7 Å². The molecule has 0 saturated carbocycles. The Labute approximate surface area is 198 Å². The van der Waals surface area contributed by atoms with Gasteiger partial charge in [-0.05, 0) is 27.2 Å². The topological polar surface area (TPSA) is 135 Å². The monoisotopic (exact) mass is 480 g/mol. The SMILES string of the molecule is C=C1C(=O)OC2CC(COC(C)=O)C3(O)CC(OC(C)=O)C(C)(CC(OC(=O)C(C)=CC)C12)O3. The number of hydrogen-bond donors (Lipinski definition) is 1. The van der Waals surface area contributed by atoms with Crippen LogP contribution in [-0.4, -0.2) is 65.3 Å². The van der Waals surface area contributed by atoms with Gasteiger partial charge in [0.25, 0.3) is 0 Å². The van der Waals surface area contributed by atoms with Crippen molar-refractivity contribution in [3.8, 4) is 0 Å². The maximum Gasteiger partial charge on any atom is 0.334 e. The third-order valence-electron chi connectivity index (χ3n) is 6.86. The summed E-state index contributed by atoms with van der Waals surface area (Å²) in [7, 11) is 0. The highest BCUT2D eigenvalue weighted by Gasteiger charge is 2.62. The summed E-state index contributed by atoms with van der Waals surface area (Å²) in [4.78, 5) is 48.5. The van der Waals surface area contributed by atoms with Crippen LogP contribution in [0.2, 0.25) is 0 Å². The molecule has 0 amide bonds. The fraction of sp³-hybridized carbons (Fsp3) is 0.667. The Balaban J connectivity index is 2.08. The van der Waals surface area contributed by atoms with Gasteiger partial charge in [0.15, 0.2) is 5.79 Å². The van der Waals surface area contributed by atoms with Crippen LogP contribution in [0.1, 0.15) is 53.9 Å². The highest BCUT2D eigenvalue weighted by atomic mass is 16.7. The predicted octanol–water partition coefficient (Wildman–Crippen LogP) is 1.73. The minimum absolute atomic E-state index is 0.00684. The van der Waals surface area contributed by atoms with Crippen molar-refractivity contribution in [2.75, 3.05) is 6.61 Å². The molecule has 0 aromatic heterocycles. The Hall–Kier alpha value is -2.72. The second-order valence-corrected chi connectivity index (χ2v) is 9.41. The number of fused-ring (bicyclic) bond motifs is 3. The van der Waals surface area contributed by atoms with Crippen LogP contribution in [0.5, 0.6) is 0 Å². The normalized spacial score (nSPS) is 37.6. The summed E-state index contributed by atoms with van der Waals surface area (Å²) in [5.41, 5.74) is -0.792. The third-order valence-corrected chi connectivity index (χ3v) is 6.86. The van der Waals surface area contributed by atoms with Crippen molar-refractivity contribution < 1.29 is 48.0 Å². The highest BCUT2D eigenvalue weighted by Crippen LogP contribution is 2.51. The number of aliphatic hydroxyl groups is 1. The fourth-order valence-corrected chi connectivity index (χ4v) is 4.96. The van der Waals surface area contributed by atoms with Crippen molar-refractivity contribution in [1.82, 2.24) is 0 Å². The molecule has 0 aromatic rings. The Morgan fingerprint density at radius 3 is 2.44 bits per heavy atom. The molecule has 10 heteroatoms. The molecule has 2 bridgehead atoms. The quantitative estimate of drug-likeness (QED) is 0.352. The second kappa shape index (κ2) is 9.50. The smallest absolute Gasteiger partial charge is 0.334 e. The number of carbonyl (C=O) groups is 4. The van der Waals surface area contributed by atoms with Gasteiger partial charge in [-0.15, -0.1) is 0 Å². The minimum atomic E-state index is -1.86. The van der Waals surface area contributed by atoms with Crippen LogP contribution in [0.3, 0.4) is 0 Å². The summed E-state index contributed by atoms with van der Waals surface area (Å²) in [5.74, 6) is -5.76. The van der Waals surface area contributed by atoms with Gasteiger partial charge in [-0.2, -0.15) is 0 Å². The van der Waals surface area contributed by atoms with Gasteiger partial charge in [0.2, 0.25) is 0 Å². The molecule has 3 heterocycles. The number of rotatable bonds is 5. The lowest BCUT2D eigenvalue weighted by molar-refractivity contribution is -0.261. The third kappa shape index (κ3) is 5.02. The lowest BCUT2D eigenvalue weighted by atomic mass is 9.77. The second-order valence-electron chi connectivity index (χ2n) is 9.41. The van der Waals surface area contributed by atoms with Gasteiger partial charge in [-0.25, -0.2) is 9.59 Å². The van der Waals surface area contributed by atoms with Gasteiger partial charge < -0.3 is 28.8 Å². The van der Waals surface area contributed by atoms with Crippen molar-refractivity contribution in [3.63, 3.8) is 0 Å². The van der Waals surface area contributed by atoms with Crippen molar-refractivity contribution in [2.45, 2.75) is 83.6 Å². The molecule has 3 aliphatic rings. The van der Waals surface area contributed by atoms with E-state index in [0.29, 0.717) is 5.57 Å². The molecular weight excluding hydrogens is 448 g/mol. The van der Waals surface area contributed by atoms with E-state index in [1.54, 1.807) is 26.8 Å². The van der Waals surface area contributed by atoms with E-state index in [0.717, 1.165) is 0 Å². The van der Waals surface area contributed by atoms with E-state index in [1.165, 1.54) is 13.8 Å². The predicted molar refractivity (Wildman–Crippen MR) is 116 cm³/mol. The average molecular weight is 481 g/mol. The van der Waals surface area contributed by atoms with Crippen molar-refractivity contribution >= 4 is 23.9 Å². The van der Waals surface area contributed by atoms with Crippen LogP contribution in [0.15, 0.2) is 23.8 Å². The first-order chi connectivity index (χ1) is 15.8. The molecule has 7 atom stereocenters. The van der Waals surface area contributed by atoms with Crippen LogP contribution in [0, 0.1) is 11.8 Å². The van der Waals surface area contributed by atoms with Crippen LogP contribution >= 0.6 is 0 Å². The Morgan fingerprint density at radius 2 is 1.85 bits per heavy atom. The van der Waals surface area contributed by atoms with Crippen LogP contribution < -0.4 is 0 Å². The molecule has 0 aliphatic carbocycles. The molecule has 3 fully saturated rings. The molecule has 0 spiro atoms. The zero-order valence-electron chi connectivity index (χ0n) is 20.1. The molecule has 0 radical (unpaired) electrons. The lowest BCUT2D eigenvalue weighted by Gasteiger charge is -2.35. The summed E-state index contributed by atoms with van der Waals surface area (Å²) >= 11 is 0. The van der Waals surface area contributed by atoms with E-state index in [9.17, 15) is 24.3 Å². The van der Waals surface area contributed by atoms with E-state index >= 15 is 0 Å². The van der Waals surface area contributed by atoms with Gasteiger partial charge in [0.05, 0.1) is 18.4 Å². The largest absolute Gasteiger partial charge is 0.465 e. The first-order valence-corrected chi connectivity index (χ1v) is 11.3. The molecule has 1 N–H and O–H groups in total.